The molecular formula is C24H27N3O. The van der Waals surface area contributed by atoms with Gasteiger partial charge in [0.15, 0.2) is 11.1 Å². The maximum Gasteiger partial charge on any atom is 0.193 e. The summed E-state index contributed by atoms with van der Waals surface area (Å²) in [6, 6.07) is 3.52. The van der Waals surface area contributed by atoms with Crippen LogP contribution in [0.1, 0.15) is 24.6 Å². The molecule has 1 N–H and O–H groups in total. The first-order valence-corrected chi connectivity index (χ1v) is 9.17. The lowest BCUT2D eigenvalue weighted by molar-refractivity contribution is 1.07. The van der Waals surface area contributed by atoms with Crippen molar-refractivity contribution >= 4 is 22.5 Å². The van der Waals surface area contributed by atoms with E-state index in [-0.39, 0.29) is 5.43 Å². The lowest BCUT2D eigenvalue weighted by atomic mass is 10.1. The molecule has 2 aromatic rings. The van der Waals surface area contributed by atoms with E-state index in [1.54, 1.807) is 24.3 Å². The van der Waals surface area contributed by atoms with Crippen molar-refractivity contribution in [2.45, 2.75) is 27.2 Å². The van der Waals surface area contributed by atoms with Crippen molar-refractivity contribution in [3.05, 3.63) is 102 Å². The topological polar surface area (TPSA) is 46.9 Å². The molecule has 0 atom stereocenters. The number of nitrogens with zero attached hydrogens (tertiary/aromatic N) is 2. The summed E-state index contributed by atoms with van der Waals surface area (Å²) < 4.78 is 1.93. The predicted molar refractivity (Wildman–Crippen MR) is 121 cm³/mol. The fourth-order valence-corrected chi connectivity index (χ4v) is 3.05. The number of rotatable bonds is 8. The van der Waals surface area contributed by atoms with Gasteiger partial charge in [0.05, 0.1) is 5.39 Å². The highest BCUT2D eigenvalue weighted by Gasteiger charge is 2.15. The predicted octanol–water partition coefficient (Wildman–Crippen LogP) is 5.67. The van der Waals surface area contributed by atoms with Crippen LogP contribution >= 0.6 is 0 Å². The van der Waals surface area contributed by atoms with Crippen molar-refractivity contribution in [2.24, 2.45) is 0 Å². The van der Waals surface area contributed by atoms with Crippen molar-refractivity contribution in [1.82, 2.24) is 9.55 Å². The van der Waals surface area contributed by atoms with Gasteiger partial charge in [-0.05, 0) is 57.0 Å². The zero-order chi connectivity index (χ0) is 20.7. The fourth-order valence-electron chi connectivity index (χ4n) is 3.05. The minimum atomic E-state index is -0.0793. The van der Waals surface area contributed by atoms with Crippen LogP contribution in [0.4, 0.5) is 5.82 Å². The Balaban J connectivity index is 2.93. The quantitative estimate of drug-likeness (QED) is 0.479. The van der Waals surface area contributed by atoms with Crippen LogP contribution in [0.25, 0.3) is 16.7 Å². The third-order valence-electron chi connectivity index (χ3n) is 4.17. The summed E-state index contributed by atoms with van der Waals surface area (Å²) in [6.07, 6.45) is 13.7. The molecular weight excluding hydrogens is 346 g/mol. The van der Waals surface area contributed by atoms with Gasteiger partial charge in [-0.1, -0.05) is 37.5 Å². The lowest BCUT2D eigenvalue weighted by Gasteiger charge is -2.19. The Bertz CT molecular complexity index is 1070. The number of aromatic nitrogens is 2. The van der Waals surface area contributed by atoms with E-state index in [1.807, 2.05) is 55.7 Å². The second kappa shape index (κ2) is 9.51. The summed E-state index contributed by atoms with van der Waals surface area (Å²) in [4.78, 5) is 17.6. The maximum atomic E-state index is 12.9. The Morgan fingerprint density at radius 2 is 2.00 bits per heavy atom. The molecule has 0 unspecified atom stereocenters. The number of hydrogen-bond donors (Lipinski definition) is 1. The SMILES string of the molecule is C=C/C=C(\C=C/C)n1c(N/C(C=C)=C/CC=C)cc(=O)c2c(C)cc(C)nc21. The smallest absolute Gasteiger partial charge is 0.193 e. The molecule has 0 saturated heterocycles. The van der Waals surface area contributed by atoms with Crippen molar-refractivity contribution in [2.75, 3.05) is 5.32 Å². The van der Waals surface area contributed by atoms with E-state index in [0.717, 1.165) is 22.7 Å². The summed E-state index contributed by atoms with van der Waals surface area (Å²) >= 11 is 0. The molecule has 0 radical (unpaired) electrons. The van der Waals surface area contributed by atoms with Gasteiger partial charge >= 0.3 is 0 Å². The Morgan fingerprint density at radius 1 is 1.25 bits per heavy atom. The second-order valence-corrected chi connectivity index (χ2v) is 6.35. The largest absolute Gasteiger partial charge is 0.341 e. The van der Waals surface area contributed by atoms with E-state index in [9.17, 15) is 4.79 Å². The minimum absolute atomic E-state index is 0.0793. The Kier molecular flexibility index (Phi) is 7.10. The molecule has 4 nitrogen and oxygen atoms in total. The van der Waals surface area contributed by atoms with Crippen molar-refractivity contribution in [3.63, 3.8) is 0 Å². The Morgan fingerprint density at radius 3 is 2.61 bits per heavy atom. The van der Waals surface area contributed by atoms with Crippen LogP contribution in [-0.4, -0.2) is 9.55 Å². The zero-order valence-corrected chi connectivity index (χ0v) is 16.8. The molecule has 0 aliphatic heterocycles. The van der Waals surface area contributed by atoms with Crippen molar-refractivity contribution in [3.8, 4) is 0 Å². The van der Waals surface area contributed by atoms with Gasteiger partial charge < -0.3 is 5.32 Å². The Labute approximate surface area is 166 Å². The third-order valence-corrected chi connectivity index (χ3v) is 4.17. The van der Waals surface area contributed by atoms with Crippen LogP contribution in [0.3, 0.4) is 0 Å². The average Bonchev–Trinajstić information content (AvgIpc) is 2.64. The van der Waals surface area contributed by atoms with E-state index < -0.39 is 0 Å². The van der Waals surface area contributed by atoms with E-state index in [2.05, 4.69) is 25.1 Å². The number of anilines is 1. The first-order valence-electron chi connectivity index (χ1n) is 9.17. The van der Waals surface area contributed by atoms with E-state index >= 15 is 0 Å². The molecule has 144 valence electrons. The van der Waals surface area contributed by atoms with E-state index in [1.165, 1.54) is 0 Å². The number of aryl methyl sites for hydroxylation is 2. The van der Waals surface area contributed by atoms with E-state index in [0.29, 0.717) is 23.3 Å². The highest BCUT2D eigenvalue weighted by molar-refractivity contribution is 5.86. The van der Waals surface area contributed by atoms with Gasteiger partial charge in [-0.15, -0.1) is 6.58 Å². The average molecular weight is 374 g/mol. The summed E-state index contributed by atoms with van der Waals surface area (Å²) in [6.45, 7) is 17.2. The molecule has 0 aromatic carbocycles. The van der Waals surface area contributed by atoms with Crippen LogP contribution in [0.2, 0.25) is 0 Å². The van der Waals surface area contributed by atoms with Crippen LogP contribution in [-0.2, 0) is 0 Å². The molecule has 2 aromatic heterocycles. The summed E-state index contributed by atoms with van der Waals surface area (Å²) in [5.41, 5.74) is 3.90. The van der Waals surface area contributed by atoms with E-state index in [4.69, 9.17) is 4.98 Å². The lowest BCUT2D eigenvalue weighted by Crippen LogP contribution is -2.16. The highest BCUT2D eigenvalue weighted by atomic mass is 16.1. The van der Waals surface area contributed by atoms with Gasteiger partial charge in [-0.25, -0.2) is 4.98 Å². The van der Waals surface area contributed by atoms with Crippen LogP contribution in [0.15, 0.2) is 84.9 Å². The summed E-state index contributed by atoms with van der Waals surface area (Å²) in [5.74, 6) is 0.608. The molecule has 0 amide bonds. The molecule has 0 aliphatic carbocycles. The minimum Gasteiger partial charge on any atom is -0.341 e. The zero-order valence-electron chi connectivity index (χ0n) is 16.8. The molecule has 0 saturated carbocycles. The molecule has 2 rings (SSSR count). The summed E-state index contributed by atoms with van der Waals surface area (Å²) in [5, 5.41) is 3.91. The molecule has 0 bridgehead atoms. The third kappa shape index (κ3) is 4.46. The van der Waals surface area contributed by atoms with Crippen LogP contribution in [0, 0.1) is 13.8 Å². The van der Waals surface area contributed by atoms with Crippen LogP contribution in [0.5, 0.6) is 0 Å². The van der Waals surface area contributed by atoms with Crippen LogP contribution < -0.4 is 10.7 Å². The number of fused-ring (bicyclic) bond motifs is 1. The normalized spacial score (nSPS) is 12.4. The van der Waals surface area contributed by atoms with Crippen molar-refractivity contribution < 1.29 is 0 Å². The van der Waals surface area contributed by atoms with Gasteiger partial charge in [0.1, 0.15) is 5.82 Å². The first kappa shape index (κ1) is 20.9. The molecule has 0 spiro atoms. The Hall–Kier alpha value is -3.40. The number of hydrogen-bond acceptors (Lipinski definition) is 3. The summed E-state index contributed by atoms with van der Waals surface area (Å²) in [7, 11) is 0. The van der Waals surface area contributed by atoms with Gasteiger partial charge in [0.2, 0.25) is 0 Å². The van der Waals surface area contributed by atoms with Gasteiger partial charge in [-0.2, -0.15) is 0 Å². The number of nitrogens with one attached hydrogen (secondary N) is 1. The highest BCUT2D eigenvalue weighted by Crippen LogP contribution is 2.25. The monoisotopic (exact) mass is 373 g/mol. The number of allylic oxidation sites excluding steroid dienone is 8. The molecule has 2 heterocycles. The molecule has 28 heavy (non-hydrogen) atoms. The standard InChI is InChI=1S/C24H27N3O/c1-7-11-14-19(10-4)26-22-16-21(28)23-17(5)15-18(6)25-24(23)27(22)20(12-8-2)13-9-3/h7-10,12-16,26H,1-2,4,11H2,3,5-6H3/b13-9-,19-14+,20-12+. The molecule has 4 heteroatoms. The molecule has 0 aliphatic rings. The maximum absolute atomic E-state index is 12.9. The van der Waals surface area contributed by atoms with Gasteiger partial charge in [-0.3, -0.25) is 9.36 Å². The van der Waals surface area contributed by atoms with Gasteiger partial charge in [0, 0.05) is 23.2 Å². The fraction of sp³-hybridized carbons (Fsp3) is 0.167. The van der Waals surface area contributed by atoms with Gasteiger partial charge in [0.25, 0.3) is 0 Å². The van der Waals surface area contributed by atoms with Crippen molar-refractivity contribution in [1.29, 1.82) is 0 Å². The first-order chi connectivity index (χ1) is 13.5. The second-order valence-electron chi connectivity index (χ2n) is 6.35. The number of pyridine rings is 2. The molecule has 0 fully saturated rings.